The van der Waals surface area contributed by atoms with Crippen molar-refractivity contribution in [3.05, 3.63) is 97.2 Å². The summed E-state index contributed by atoms with van der Waals surface area (Å²) in [6, 6.07) is 0. The number of esters is 3. The molecule has 6 nitrogen and oxygen atoms in total. The van der Waals surface area contributed by atoms with Crippen LogP contribution in [0.25, 0.3) is 0 Å². The Balaban J connectivity index is 4.26. The molecule has 478 valence electrons. The number of carbonyl (C=O) groups excluding carboxylic acids is 3. The van der Waals surface area contributed by atoms with E-state index in [9.17, 15) is 14.4 Å². The van der Waals surface area contributed by atoms with Gasteiger partial charge in [0, 0.05) is 19.3 Å². The Morgan fingerprint density at radius 2 is 0.494 bits per heavy atom. The van der Waals surface area contributed by atoms with Crippen molar-refractivity contribution in [2.45, 2.75) is 361 Å². The molecule has 0 aliphatic rings. The van der Waals surface area contributed by atoms with Crippen LogP contribution in [-0.4, -0.2) is 37.2 Å². The molecule has 1 atom stereocenters. The number of carbonyl (C=O) groups is 3. The van der Waals surface area contributed by atoms with Crippen molar-refractivity contribution in [2.75, 3.05) is 13.2 Å². The molecule has 0 aromatic heterocycles. The first-order valence-corrected chi connectivity index (χ1v) is 35.7. The molecule has 0 bridgehead atoms. The first kappa shape index (κ1) is 79.3. The summed E-state index contributed by atoms with van der Waals surface area (Å²) in [7, 11) is 0. The van der Waals surface area contributed by atoms with Gasteiger partial charge in [-0.05, 0) is 83.5 Å². The van der Waals surface area contributed by atoms with Crippen LogP contribution in [0.5, 0.6) is 0 Å². The van der Waals surface area contributed by atoms with Crippen molar-refractivity contribution in [1.82, 2.24) is 0 Å². The molecule has 1 unspecified atom stereocenters. The molecule has 0 fully saturated rings. The molecule has 0 aromatic carbocycles. The normalized spacial score (nSPS) is 12.7. The van der Waals surface area contributed by atoms with Crippen LogP contribution in [0.15, 0.2) is 97.2 Å². The molecule has 83 heavy (non-hydrogen) atoms. The molecule has 0 rings (SSSR count). The summed E-state index contributed by atoms with van der Waals surface area (Å²) in [5.74, 6) is -0.964. The average Bonchev–Trinajstić information content (AvgIpc) is 3.49. The lowest BCUT2D eigenvalue weighted by molar-refractivity contribution is -0.166. The minimum atomic E-state index is -0.806. The fourth-order valence-corrected chi connectivity index (χ4v) is 10.3. The third-order valence-electron chi connectivity index (χ3n) is 15.6. The van der Waals surface area contributed by atoms with Crippen LogP contribution in [0.3, 0.4) is 0 Å². The van der Waals surface area contributed by atoms with E-state index in [4.69, 9.17) is 14.2 Å². The van der Waals surface area contributed by atoms with Crippen molar-refractivity contribution in [1.29, 1.82) is 0 Å². The van der Waals surface area contributed by atoms with Crippen molar-refractivity contribution in [2.24, 2.45) is 0 Å². The number of unbranched alkanes of at least 4 members (excludes halogenated alkanes) is 38. The van der Waals surface area contributed by atoms with E-state index in [-0.39, 0.29) is 37.5 Å². The Morgan fingerprint density at radius 3 is 0.807 bits per heavy atom. The van der Waals surface area contributed by atoms with E-state index in [0.29, 0.717) is 19.3 Å². The summed E-state index contributed by atoms with van der Waals surface area (Å²) in [6.45, 7) is 6.40. The zero-order chi connectivity index (χ0) is 59.9. The second-order valence-corrected chi connectivity index (χ2v) is 23.7. The van der Waals surface area contributed by atoms with Gasteiger partial charge in [-0.2, -0.15) is 0 Å². The lowest BCUT2D eigenvalue weighted by Crippen LogP contribution is -2.30. The summed E-state index contributed by atoms with van der Waals surface area (Å²) in [5.41, 5.74) is 0. The molecule has 0 aromatic rings. The van der Waals surface area contributed by atoms with Gasteiger partial charge < -0.3 is 14.2 Å². The predicted octanol–water partition coefficient (Wildman–Crippen LogP) is 24.8. The van der Waals surface area contributed by atoms with Gasteiger partial charge in [-0.25, -0.2) is 0 Å². The van der Waals surface area contributed by atoms with Crippen LogP contribution in [0.1, 0.15) is 355 Å². The van der Waals surface area contributed by atoms with Gasteiger partial charge in [0.25, 0.3) is 0 Å². The largest absolute Gasteiger partial charge is 0.462 e. The van der Waals surface area contributed by atoms with Crippen molar-refractivity contribution >= 4 is 17.9 Å². The average molecular weight is 1160 g/mol. The summed E-state index contributed by atoms with van der Waals surface area (Å²) < 4.78 is 16.9. The Morgan fingerprint density at radius 1 is 0.253 bits per heavy atom. The minimum Gasteiger partial charge on any atom is -0.462 e. The van der Waals surface area contributed by atoms with E-state index in [2.05, 4.69) is 112 Å². The lowest BCUT2D eigenvalue weighted by Gasteiger charge is -2.18. The molecule has 6 heteroatoms. The second kappa shape index (κ2) is 70.8. The van der Waals surface area contributed by atoms with Crippen LogP contribution in [0.2, 0.25) is 0 Å². The topological polar surface area (TPSA) is 78.9 Å². The number of hydrogen-bond acceptors (Lipinski definition) is 6. The van der Waals surface area contributed by atoms with Crippen LogP contribution < -0.4 is 0 Å². The quantitative estimate of drug-likeness (QED) is 0.0261. The fourth-order valence-electron chi connectivity index (χ4n) is 10.3. The molecule has 0 amide bonds. The van der Waals surface area contributed by atoms with Gasteiger partial charge in [-0.15, -0.1) is 0 Å². The number of allylic oxidation sites excluding steroid dienone is 16. The first-order chi connectivity index (χ1) is 41.0. The third-order valence-corrected chi connectivity index (χ3v) is 15.6. The highest BCUT2D eigenvalue weighted by Crippen LogP contribution is 2.18. The predicted molar refractivity (Wildman–Crippen MR) is 362 cm³/mol. The molecule has 0 aliphatic heterocycles. The van der Waals surface area contributed by atoms with Crippen LogP contribution in [-0.2, 0) is 28.6 Å². The fraction of sp³-hybridized carbons (Fsp3) is 0.753. The van der Waals surface area contributed by atoms with Gasteiger partial charge in [0.05, 0.1) is 0 Å². The lowest BCUT2D eigenvalue weighted by atomic mass is 10.0. The molecular formula is C77H134O6. The molecule has 0 N–H and O–H groups in total. The highest BCUT2D eigenvalue weighted by molar-refractivity contribution is 5.71. The van der Waals surface area contributed by atoms with Gasteiger partial charge in [-0.3, -0.25) is 14.4 Å². The van der Waals surface area contributed by atoms with E-state index in [0.717, 1.165) is 89.9 Å². The van der Waals surface area contributed by atoms with Gasteiger partial charge in [0.2, 0.25) is 0 Å². The minimum absolute atomic E-state index is 0.0964. The Bertz CT molecular complexity index is 1610. The van der Waals surface area contributed by atoms with E-state index in [1.54, 1.807) is 0 Å². The third kappa shape index (κ3) is 69.0. The number of ether oxygens (including phenoxy) is 3. The first-order valence-electron chi connectivity index (χ1n) is 35.7. The molecule has 0 saturated carbocycles. The van der Waals surface area contributed by atoms with E-state index < -0.39 is 6.10 Å². The van der Waals surface area contributed by atoms with Crippen LogP contribution >= 0.6 is 0 Å². The van der Waals surface area contributed by atoms with Crippen molar-refractivity contribution in [3.63, 3.8) is 0 Å². The second-order valence-electron chi connectivity index (χ2n) is 23.7. The van der Waals surface area contributed by atoms with E-state index in [1.807, 2.05) is 6.08 Å². The maximum absolute atomic E-state index is 13.0. The van der Waals surface area contributed by atoms with Crippen LogP contribution in [0, 0.1) is 0 Å². The summed E-state index contributed by atoms with van der Waals surface area (Å²) in [5, 5.41) is 0. The number of rotatable bonds is 65. The SMILES string of the molecule is CC/C=C\C/C=C\C/C=C\C/C=C\CCCCCCCCCCCCCCCCC(=O)OCC(COC(=O)CC/C=C\C/C=C\C/C=C\C/C=C\CC)OC(=O)CCCCCCCCCCCCCCCCCCCCCCCCCCC. The molecule has 0 heterocycles. The van der Waals surface area contributed by atoms with Crippen molar-refractivity contribution in [3.8, 4) is 0 Å². The van der Waals surface area contributed by atoms with Gasteiger partial charge >= 0.3 is 17.9 Å². The molecule has 0 spiro atoms. The smallest absolute Gasteiger partial charge is 0.306 e. The maximum Gasteiger partial charge on any atom is 0.306 e. The van der Waals surface area contributed by atoms with Gasteiger partial charge in [-0.1, -0.05) is 349 Å². The summed E-state index contributed by atoms with van der Waals surface area (Å²) in [4.78, 5) is 38.4. The highest BCUT2D eigenvalue weighted by Gasteiger charge is 2.19. The Labute approximate surface area is 515 Å². The Hall–Kier alpha value is -3.67. The van der Waals surface area contributed by atoms with E-state index >= 15 is 0 Å². The van der Waals surface area contributed by atoms with Crippen molar-refractivity contribution < 1.29 is 28.6 Å². The molecule has 0 saturated heterocycles. The van der Waals surface area contributed by atoms with Gasteiger partial charge in [0.1, 0.15) is 13.2 Å². The monoisotopic (exact) mass is 1160 g/mol. The Kier molecular flexibility index (Phi) is 67.7. The standard InChI is InChI=1S/C77H134O6/c1-4-7-10-13-16-19-22-25-27-29-31-33-35-37-38-40-41-43-45-47-49-52-55-58-61-64-67-70-76(79)82-73-74(72-81-75(78)69-66-63-60-57-54-51-24-21-18-15-12-9-6-3)83-77(80)71-68-65-62-59-56-53-50-48-46-44-42-39-36-34-32-30-28-26-23-20-17-14-11-8-5-2/h7,9-10,12,16,18-19,21,25,27,31,33,51,54,60,63,74H,4-6,8,11,13-15,17,20,22-24,26,28-30,32,34-50,52-53,55-59,61-62,64-73H2,1-3H3/b10-7-,12-9-,19-16-,21-18-,27-25-,33-31-,54-51-,63-60-. The molecular weight excluding hydrogens is 1020 g/mol. The zero-order valence-electron chi connectivity index (χ0n) is 54.9. The van der Waals surface area contributed by atoms with Crippen LogP contribution in [0.4, 0.5) is 0 Å². The summed E-state index contributed by atoms with van der Waals surface area (Å²) in [6.07, 6.45) is 96.1. The molecule has 0 radical (unpaired) electrons. The zero-order valence-corrected chi connectivity index (χ0v) is 54.9. The molecule has 0 aliphatic carbocycles. The summed E-state index contributed by atoms with van der Waals surface area (Å²) >= 11 is 0. The van der Waals surface area contributed by atoms with Gasteiger partial charge in [0.15, 0.2) is 6.10 Å². The number of hydrogen-bond donors (Lipinski definition) is 0. The van der Waals surface area contributed by atoms with E-state index in [1.165, 1.54) is 218 Å². The maximum atomic E-state index is 13.0. The highest BCUT2D eigenvalue weighted by atomic mass is 16.6.